The molecule has 1 aromatic carbocycles. The molecular weight excluding hydrogens is 238 g/mol. The van der Waals surface area contributed by atoms with E-state index in [4.69, 9.17) is 0 Å². The molecule has 2 rings (SSSR count). The molecule has 0 fully saturated rings. The summed E-state index contributed by atoms with van der Waals surface area (Å²) in [6, 6.07) is 8.07. The molecule has 0 unspecified atom stereocenters. The van der Waals surface area contributed by atoms with E-state index in [0.717, 1.165) is 36.4 Å². The Morgan fingerprint density at radius 2 is 2.16 bits per heavy atom. The van der Waals surface area contributed by atoms with Gasteiger partial charge in [-0.25, -0.2) is 4.98 Å². The molecule has 1 heterocycles. The molecule has 0 aliphatic carbocycles. The molecule has 1 N–H and O–H groups in total. The fourth-order valence-electron chi connectivity index (χ4n) is 2.26. The molecular formula is C15H21N3O. The van der Waals surface area contributed by atoms with Gasteiger partial charge >= 0.3 is 0 Å². The van der Waals surface area contributed by atoms with Crippen molar-refractivity contribution in [1.82, 2.24) is 14.9 Å². The topological polar surface area (TPSA) is 46.9 Å². The van der Waals surface area contributed by atoms with Gasteiger partial charge in [-0.1, -0.05) is 19.1 Å². The first-order valence-electron chi connectivity index (χ1n) is 6.86. The Labute approximate surface area is 113 Å². The number of benzene rings is 1. The lowest BCUT2D eigenvalue weighted by molar-refractivity contribution is -0.118. The van der Waals surface area contributed by atoms with Crippen molar-refractivity contribution < 1.29 is 4.79 Å². The average Bonchev–Trinajstić information content (AvgIpc) is 2.75. The van der Waals surface area contributed by atoms with Gasteiger partial charge < -0.3 is 9.88 Å². The van der Waals surface area contributed by atoms with Gasteiger partial charge in [0.05, 0.1) is 17.5 Å². The van der Waals surface area contributed by atoms with Crippen molar-refractivity contribution in [2.45, 2.75) is 32.7 Å². The quantitative estimate of drug-likeness (QED) is 0.829. The van der Waals surface area contributed by atoms with E-state index in [9.17, 15) is 4.79 Å². The largest absolute Gasteiger partial charge is 0.328 e. The van der Waals surface area contributed by atoms with Crippen LogP contribution in [-0.4, -0.2) is 28.9 Å². The van der Waals surface area contributed by atoms with Crippen molar-refractivity contribution in [2.24, 2.45) is 0 Å². The second-order valence-electron chi connectivity index (χ2n) is 4.74. The van der Waals surface area contributed by atoms with Crippen molar-refractivity contribution in [3.05, 3.63) is 30.1 Å². The maximum atomic E-state index is 11.9. The Bertz CT molecular complexity index is 560. The molecule has 0 spiro atoms. The van der Waals surface area contributed by atoms with E-state index < -0.39 is 0 Å². The fraction of sp³-hybridized carbons (Fsp3) is 0.467. The number of fused-ring (bicyclic) bond motifs is 1. The summed E-state index contributed by atoms with van der Waals surface area (Å²) in [4.78, 5) is 16.5. The molecule has 0 atom stereocenters. The molecule has 0 aliphatic rings. The van der Waals surface area contributed by atoms with Crippen LogP contribution in [0.1, 0.15) is 25.6 Å². The van der Waals surface area contributed by atoms with Crippen LogP contribution in [0.3, 0.4) is 0 Å². The van der Waals surface area contributed by atoms with Crippen molar-refractivity contribution in [1.29, 1.82) is 0 Å². The number of hydrogen-bond donors (Lipinski definition) is 1. The van der Waals surface area contributed by atoms with E-state index in [2.05, 4.69) is 27.9 Å². The Hall–Kier alpha value is -1.68. The normalized spacial score (nSPS) is 11.1. The van der Waals surface area contributed by atoms with Crippen molar-refractivity contribution in [2.75, 3.05) is 13.6 Å². The second kappa shape index (κ2) is 6.48. The smallest absolute Gasteiger partial charge is 0.141 e. The third kappa shape index (κ3) is 3.20. The van der Waals surface area contributed by atoms with E-state index in [-0.39, 0.29) is 5.78 Å². The number of carbonyl (C=O) groups is 1. The lowest BCUT2D eigenvalue weighted by Gasteiger charge is -2.07. The number of aryl methyl sites for hydroxylation is 1. The Morgan fingerprint density at radius 3 is 2.89 bits per heavy atom. The van der Waals surface area contributed by atoms with Crippen LogP contribution in [0.5, 0.6) is 0 Å². The summed E-state index contributed by atoms with van der Waals surface area (Å²) in [5.74, 6) is 1.13. The molecule has 0 bridgehead atoms. The summed E-state index contributed by atoms with van der Waals surface area (Å²) < 4.78 is 2.17. The van der Waals surface area contributed by atoms with Crippen LogP contribution in [0.15, 0.2) is 24.3 Å². The molecule has 2 aromatic rings. The number of aromatic nitrogens is 2. The molecule has 102 valence electrons. The first-order valence-corrected chi connectivity index (χ1v) is 6.86. The number of para-hydroxylation sites is 2. The molecule has 4 nitrogen and oxygen atoms in total. The SMILES string of the molecule is CCCn1c(CC(=O)CCNC)nc2ccccc21. The van der Waals surface area contributed by atoms with Crippen LogP contribution in [0, 0.1) is 0 Å². The highest BCUT2D eigenvalue weighted by molar-refractivity contribution is 5.82. The minimum absolute atomic E-state index is 0.238. The number of ketones is 1. The predicted octanol–water partition coefficient (Wildman–Crippen LogP) is 2.17. The van der Waals surface area contributed by atoms with E-state index >= 15 is 0 Å². The first-order chi connectivity index (χ1) is 9.26. The number of rotatable bonds is 7. The lowest BCUT2D eigenvalue weighted by atomic mass is 10.2. The molecule has 19 heavy (non-hydrogen) atoms. The van der Waals surface area contributed by atoms with Gasteiger partial charge in [-0.05, 0) is 25.6 Å². The van der Waals surface area contributed by atoms with Crippen LogP contribution in [-0.2, 0) is 17.8 Å². The third-order valence-electron chi connectivity index (χ3n) is 3.19. The molecule has 0 aliphatic heterocycles. The summed E-state index contributed by atoms with van der Waals surface area (Å²) in [5.41, 5.74) is 2.10. The maximum Gasteiger partial charge on any atom is 0.141 e. The van der Waals surface area contributed by atoms with Gasteiger partial charge in [0.15, 0.2) is 0 Å². The number of hydrogen-bond acceptors (Lipinski definition) is 3. The Morgan fingerprint density at radius 1 is 1.37 bits per heavy atom. The van der Waals surface area contributed by atoms with Gasteiger partial charge in [-0.2, -0.15) is 0 Å². The summed E-state index contributed by atoms with van der Waals surface area (Å²) in [5, 5.41) is 3.00. The first kappa shape index (κ1) is 13.7. The average molecular weight is 259 g/mol. The van der Waals surface area contributed by atoms with Gasteiger partial charge in [0.2, 0.25) is 0 Å². The maximum absolute atomic E-state index is 11.9. The van der Waals surface area contributed by atoms with E-state index in [1.807, 2.05) is 25.2 Å². The van der Waals surface area contributed by atoms with Gasteiger partial charge in [0, 0.05) is 19.5 Å². The lowest BCUT2D eigenvalue weighted by Crippen LogP contribution is -2.16. The van der Waals surface area contributed by atoms with Crippen LogP contribution < -0.4 is 5.32 Å². The molecule has 0 saturated heterocycles. The summed E-state index contributed by atoms with van der Waals surface area (Å²) in [7, 11) is 1.86. The Kier molecular flexibility index (Phi) is 4.68. The predicted molar refractivity (Wildman–Crippen MR) is 77.3 cm³/mol. The van der Waals surface area contributed by atoms with Gasteiger partial charge in [0.25, 0.3) is 0 Å². The molecule has 1 aromatic heterocycles. The number of carbonyl (C=O) groups excluding carboxylic acids is 1. The van der Waals surface area contributed by atoms with E-state index in [1.54, 1.807) is 0 Å². The standard InChI is InChI=1S/C15H21N3O/c1-3-10-18-14-7-5-4-6-13(14)17-15(18)11-12(19)8-9-16-2/h4-7,16H,3,8-11H2,1-2H3. The molecule has 0 saturated carbocycles. The highest BCUT2D eigenvalue weighted by Crippen LogP contribution is 2.17. The van der Waals surface area contributed by atoms with Crippen molar-refractivity contribution in [3.63, 3.8) is 0 Å². The zero-order valence-corrected chi connectivity index (χ0v) is 11.6. The molecule has 4 heteroatoms. The minimum Gasteiger partial charge on any atom is -0.328 e. The molecule has 0 radical (unpaired) electrons. The van der Waals surface area contributed by atoms with Crippen LogP contribution in [0.25, 0.3) is 11.0 Å². The summed E-state index contributed by atoms with van der Waals surface area (Å²) in [6.45, 7) is 3.78. The summed E-state index contributed by atoms with van der Waals surface area (Å²) >= 11 is 0. The number of nitrogens with zero attached hydrogens (tertiary/aromatic N) is 2. The second-order valence-corrected chi connectivity index (χ2v) is 4.74. The Balaban J connectivity index is 2.26. The minimum atomic E-state index is 0.238. The van der Waals surface area contributed by atoms with Gasteiger partial charge in [-0.3, -0.25) is 4.79 Å². The fourth-order valence-corrected chi connectivity index (χ4v) is 2.26. The number of nitrogens with one attached hydrogen (secondary N) is 1. The van der Waals surface area contributed by atoms with Crippen LogP contribution in [0.4, 0.5) is 0 Å². The van der Waals surface area contributed by atoms with E-state index in [1.165, 1.54) is 0 Å². The monoisotopic (exact) mass is 259 g/mol. The highest BCUT2D eigenvalue weighted by atomic mass is 16.1. The summed E-state index contributed by atoms with van der Waals surface area (Å²) in [6.07, 6.45) is 2.03. The van der Waals surface area contributed by atoms with Crippen molar-refractivity contribution in [3.8, 4) is 0 Å². The van der Waals surface area contributed by atoms with Crippen LogP contribution in [0.2, 0.25) is 0 Å². The van der Waals surface area contributed by atoms with Gasteiger partial charge in [-0.15, -0.1) is 0 Å². The third-order valence-corrected chi connectivity index (χ3v) is 3.19. The number of Topliss-reactive ketones (excluding diaryl/α,β-unsaturated/α-hetero) is 1. The zero-order chi connectivity index (χ0) is 13.7. The highest BCUT2D eigenvalue weighted by Gasteiger charge is 2.12. The van der Waals surface area contributed by atoms with Crippen LogP contribution >= 0.6 is 0 Å². The van der Waals surface area contributed by atoms with Gasteiger partial charge in [0.1, 0.15) is 11.6 Å². The van der Waals surface area contributed by atoms with Crippen molar-refractivity contribution >= 4 is 16.8 Å². The number of imidazole rings is 1. The van der Waals surface area contributed by atoms with E-state index in [0.29, 0.717) is 12.8 Å². The zero-order valence-electron chi connectivity index (χ0n) is 11.6. The molecule has 0 amide bonds.